The quantitative estimate of drug-likeness (QED) is 0.803. The first-order valence-corrected chi connectivity index (χ1v) is 9.58. The van der Waals surface area contributed by atoms with Crippen molar-refractivity contribution in [2.75, 3.05) is 27.3 Å². The Balaban J connectivity index is 1.62. The van der Waals surface area contributed by atoms with E-state index in [0.29, 0.717) is 43.0 Å². The lowest BCUT2D eigenvalue weighted by molar-refractivity contribution is 0.0697. The van der Waals surface area contributed by atoms with Crippen molar-refractivity contribution in [1.82, 2.24) is 10.2 Å². The van der Waals surface area contributed by atoms with E-state index < -0.39 is 11.7 Å². The molecule has 0 spiro atoms. The van der Waals surface area contributed by atoms with Crippen LogP contribution in [-0.4, -0.2) is 50.1 Å². The fourth-order valence-electron chi connectivity index (χ4n) is 3.31. The van der Waals surface area contributed by atoms with E-state index in [1.54, 1.807) is 23.1 Å². The van der Waals surface area contributed by atoms with Crippen LogP contribution in [0.5, 0.6) is 11.5 Å². The Hall–Kier alpha value is -2.80. The van der Waals surface area contributed by atoms with Gasteiger partial charge in [-0.2, -0.15) is 0 Å². The van der Waals surface area contributed by atoms with Gasteiger partial charge in [0.1, 0.15) is 17.3 Å². The SMILES string of the molecule is COc1cc(OC)cc(C(=O)N2CCC(NC(=O)c3c(F)cccc3Cl)CC2)c1. The van der Waals surface area contributed by atoms with Crippen LogP contribution in [-0.2, 0) is 0 Å². The van der Waals surface area contributed by atoms with Crippen molar-refractivity contribution in [3.63, 3.8) is 0 Å². The smallest absolute Gasteiger partial charge is 0.255 e. The summed E-state index contributed by atoms with van der Waals surface area (Å²) in [6, 6.07) is 8.99. The maximum Gasteiger partial charge on any atom is 0.255 e. The number of amides is 2. The van der Waals surface area contributed by atoms with E-state index >= 15 is 0 Å². The molecule has 0 atom stereocenters. The lowest BCUT2D eigenvalue weighted by atomic mass is 10.0. The van der Waals surface area contributed by atoms with Gasteiger partial charge in [-0.1, -0.05) is 17.7 Å². The van der Waals surface area contributed by atoms with Crippen molar-refractivity contribution in [3.05, 3.63) is 58.4 Å². The highest BCUT2D eigenvalue weighted by molar-refractivity contribution is 6.33. The molecule has 2 amide bonds. The lowest BCUT2D eigenvalue weighted by Crippen LogP contribution is -2.46. The molecule has 0 radical (unpaired) electrons. The van der Waals surface area contributed by atoms with Crippen LogP contribution in [0.4, 0.5) is 4.39 Å². The van der Waals surface area contributed by atoms with E-state index in [-0.39, 0.29) is 22.5 Å². The topological polar surface area (TPSA) is 67.9 Å². The molecule has 1 N–H and O–H groups in total. The van der Waals surface area contributed by atoms with Crippen molar-refractivity contribution in [2.24, 2.45) is 0 Å². The predicted molar refractivity (Wildman–Crippen MR) is 107 cm³/mol. The standard InChI is InChI=1S/C21H22ClFN2O4/c1-28-15-10-13(11-16(12-15)29-2)21(27)25-8-6-14(7-9-25)24-20(26)19-17(22)4-3-5-18(19)23/h3-5,10-12,14H,6-9H2,1-2H3,(H,24,26). The minimum Gasteiger partial charge on any atom is -0.497 e. The fourth-order valence-corrected chi connectivity index (χ4v) is 3.56. The van der Waals surface area contributed by atoms with Gasteiger partial charge in [-0.15, -0.1) is 0 Å². The summed E-state index contributed by atoms with van der Waals surface area (Å²) in [7, 11) is 3.05. The van der Waals surface area contributed by atoms with E-state index in [2.05, 4.69) is 5.32 Å². The van der Waals surface area contributed by atoms with Gasteiger partial charge in [0.15, 0.2) is 0 Å². The first-order chi connectivity index (χ1) is 13.9. The molecule has 3 rings (SSSR count). The molecule has 1 saturated heterocycles. The highest BCUT2D eigenvalue weighted by atomic mass is 35.5. The zero-order valence-corrected chi connectivity index (χ0v) is 17.0. The van der Waals surface area contributed by atoms with Gasteiger partial charge in [0.05, 0.1) is 24.8 Å². The second-order valence-electron chi connectivity index (χ2n) is 6.74. The number of nitrogens with zero attached hydrogens (tertiary/aromatic N) is 1. The van der Waals surface area contributed by atoms with Crippen LogP contribution in [0.15, 0.2) is 36.4 Å². The Labute approximate surface area is 173 Å². The second-order valence-corrected chi connectivity index (χ2v) is 7.15. The van der Waals surface area contributed by atoms with Crippen molar-refractivity contribution in [1.29, 1.82) is 0 Å². The van der Waals surface area contributed by atoms with Crippen molar-refractivity contribution in [2.45, 2.75) is 18.9 Å². The van der Waals surface area contributed by atoms with Crippen LogP contribution in [0.2, 0.25) is 5.02 Å². The first-order valence-electron chi connectivity index (χ1n) is 9.20. The molecule has 1 aliphatic rings. The number of methoxy groups -OCH3 is 2. The largest absolute Gasteiger partial charge is 0.497 e. The molecule has 0 aliphatic carbocycles. The highest BCUT2D eigenvalue weighted by Crippen LogP contribution is 2.25. The molecule has 2 aromatic rings. The first kappa shape index (κ1) is 20.9. The summed E-state index contributed by atoms with van der Waals surface area (Å²) in [6.45, 7) is 0.933. The average molecular weight is 421 g/mol. The third-order valence-electron chi connectivity index (χ3n) is 4.91. The summed E-state index contributed by atoms with van der Waals surface area (Å²) >= 11 is 5.95. The number of ether oxygens (including phenoxy) is 2. The monoisotopic (exact) mass is 420 g/mol. The van der Waals surface area contributed by atoms with Crippen molar-refractivity contribution >= 4 is 23.4 Å². The van der Waals surface area contributed by atoms with Gasteiger partial charge in [-0.05, 0) is 37.1 Å². The molecule has 2 aromatic carbocycles. The number of carbonyl (C=O) groups is 2. The fraction of sp³-hybridized carbons (Fsp3) is 0.333. The van der Waals surface area contributed by atoms with Gasteiger partial charge < -0.3 is 19.7 Å². The number of hydrogen-bond acceptors (Lipinski definition) is 4. The van der Waals surface area contributed by atoms with Crippen LogP contribution in [0.3, 0.4) is 0 Å². The number of likely N-dealkylation sites (tertiary alicyclic amines) is 1. The molecule has 29 heavy (non-hydrogen) atoms. The zero-order chi connectivity index (χ0) is 21.0. The van der Waals surface area contributed by atoms with Crippen molar-refractivity contribution in [3.8, 4) is 11.5 Å². The molecule has 1 aliphatic heterocycles. The Kier molecular flexibility index (Phi) is 6.59. The molecule has 8 heteroatoms. The van der Waals surface area contributed by atoms with Crippen LogP contribution >= 0.6 is 11.6 Å². The van der Waals surface area contributed by atoms with Crippen LogP contribution < -0.4 is 14.8 Å². The van der Waals surface area contributed by atoms with Gasteiger partial charge in [0.25, 0.3) is 11.8 Å². The Morgan fingerprint density at radius 2 is 1.72 bits per heavy atom. The molecule has 0 saturated carbocycles. The van der Waals surface area contributed by atoms with Gasteiger partial charge >= 0.3 is 0 Å². The van der Waals surface area contributed by atoms with Gasteiger partial charge in [0, 0.05) is 30.8 Å². The number of carbonyl (C=O) groups excluding carboxylic acids is 2. The van der Waals surface area contributed by atoms with Gasteiger partial charge in [-0.25, -0.2) is 4.39 Å². The number of benzene rings is 2. The summed E-state index contributed by atoms with van der Waals surface area (Å²) in [6.07, 6.45) is 1.12. The molecule has 0 aromatic heterocycles. The molecule has 154 valence electrons. The van der Waals surface area contributed by atoms with Crippen molar-refractivity contribution < 1.29 is 23.5 Å². The van der Waals surface area contributed by atoms with E-state index in [4.69, 9.17) is 21.1 Å². The third kappa shape index (κ3) is 4.79. The molecule has 6 nitrogen and oxygen atoms in total. The maximum atomic E-state index is 13.9. The van der Waals surface area contributed by atoms with Gasteiger partial charge in [0.2, 0.25) is 0 Å². The Bertz CT molecular complexity index is 871. The lowest BCUT2D eigenvalue weighted by Gasteiger charge is -2.32. The predicted octanol–water partition coefficient (Wildman–Crippen LogP) is 3.53. The van der Waals surface area contributed by atoms with E-state index in [1.165, 1.54) is 32.4 Å². The van der Waals surface area contributed by atoms with Crippen LogP contribution in [0, 0.1) is 5.82 Å². The van der Waals surface area contributed by atoms with E-state index in [1.807, 2.05) is 0 Å². The maximum absolute atomic E-state index is 13.9. The average Bonchev–Trinajstić information content (AvgIpc) is 2.73. The summed E-state index contributed by atoms with van der Waals surface area (Å²) < 4.78 is 24.4. The molecule has 0 bridgehead atoms. The summed E-state index contributed by atoms with van der Waals surface area (Å²) in [5.41, 5.74) is 0.318. The summed E-state index contributed by atoms with van der Waals surface area (Å²) in [4.78, 5) is 26.9. The summed E-state index contributed by atoms with van der Waals surface area (Å²) in [5, 5.41) is 2.88. The van der Waals surface area contributed by atoms with Gasteiger partial charge in [-0.3, -0.25) is 9.59 Å². The van der Waals surface area contributed by atoms with Crippen LogP contribution in [0.25, 0.3) is 0 Å². The molecule has 1 heterocycles. The number of hydrogen-bond donors (Lipinski definition) is 1. The molecular weight excluding hydrogens is 399 g/mol. The minimum absolute atomic E-state index is 0.0714. The van der Waals surface area contributed by atoms with E-state index in [0.717, 1.165) is 0 Å². The Morgan fingerprint density at radius 3 is 2.28 bits per heavy atom. The minimum atomic E-state index is -0.658. The normalized spacial score (nSPS) is 14.4. The molecular formula is C21H22ClFN2O4. The molecule has 0 unspecified atom stereocenters. The Morgan fingerprint density at radius 1 is 1.10 bits per heavy atom. The third-order valence-corrected chi connectivity index (χ3v) is 5.22. The number of piperidine rings is 1. The van der Waals surface area contributed by atoms with E-state index in [9.17, 15) is 14.0 Å². The van der Waals surface area contributed by atoms with Crippen LogP contribution in [0.1, 0.15) is 33.6 Å². The number of halogens is 2. The highest BCUT2D eigenvalue weighted by Gasteiger charge is 2.26. The number of nitrogens with one attached hydrogen (secondary N) is 1. The summed E-state index contributed by atoms with van der Waals surface area (Å²) in [5.74, 6) is -0.262. The molecule has 1 fully saturated rings. The second kappa shape index (κ2) is 9.13. The zero-order valence-electron chi connectivity index (χ0n) is 16.2. The number of rotatable bonds is 5.